The second kappa shape index (κ2) is 3.45. The molecule has 1 aliphatic heterocycles. The van der Waals surface area contributed by atoms with Crippen molar-refractivity contribution in [1.29, 1.82) is 0 Å². The van der Waals surface area contributed by atoms with Gasteiger partial charge in [0.15, 0.2) is 0 Å². The lowest BCUT2D eigenvalue weighted by molar-refractivity contribution is 0.949. The molecule has 1 aromatic rings. The van der Waals surface area contributed by atoms with Crippen LogP contribution in [0.3, 0.4) is 0 Å². The zero-order chi connectivity index (χ0) is 9.26. The lowest BCUT2D eigenvalue weighted by atomic mass is 10.3. The predicted octanol–water partition coefficient (Wildman–Crippen LogP) is 1.79. The minimum absolute atomic E-state index is 0.620. The third kappa shape index (κ3) is 1.61. The van der Waals surface area contributed by atoms with Gasteiger partial charge in [0.1, 0.15) is 0 Å². The maximum absolute atomic E-state index is 7.68. The van der Waals surface area contributed by atoms with E-state index in [0.29, 0.717) is 6.04 Å². The number of nitrogens with zero attached hydrogens (tertiary/aromatic N) is 1. The lowest BCUT2D eigenvalue weighted by Gasteiger charge is -2.17. The maximum Gasteiger partial charge on any atom is 0.0630 e. The van der Waals surface area contributed by atoms with Gasteiger partial charge in [0.2, 0.25) is 0 Å². The lowest BCUT2D eigenvalue weighted by Crippen LogP contribution is -2.17. The highest BCUT2D eigenvalue weighted by Crippen LogP contribution is 2.18. The van der Waals surface area contributed by atoms with Crippen LogP contribution in [0.15, 0.2) is 24.2 Å². The van der Waals surface area contributed by atoms with Gasteiger partial charge in [0.25, 0.3) is 0 Å². The van der Waals surface area contributed by atoms with Crippen LogP contribution in [-0.2, 0) is 0 Å². The Kier molecular flexibility index (Phi) is 1.99. The summed E-state index contributed by atoms with van der Waals surface area (Å²) in [5.74, 6) is 0. The van der Waals surface area contributed by atoms with E-state index < -0.39 is 0 Å². The minimum Gasteiger partial charge on any atom is -0.372 e. The summed E-state index contributed by atoms with van der Waals surface area (Å²) >= 11 is 0. The van der Waals surface area contributed by atoms with E-state index in [1.165, 1.54) is 18.5 Å². The van der Waals surface area contributed by atoms with Crippen molar-refractivity contribution in [2.24, 2.45) is 0 Å². The van der Waals surface area contributed by atoms with E-state index in [1.807, 2.05) is 12.1 Å². The molecule has 2 rings (SSSR count). The zero-order valence-corrected chi connectivity index (χ0v) is 8.24. The smallest absolute Gasteiger partial charge is 0.0630 e. The first kappa shape index (κ1) is 6.91. The van der Waals surface area contributed by atoms with Crippen molar-refractivity contribution in [3.05, 3.63) is 24.2 Å². The summed E-state index contributed by atoms with van der Waals surface area (Å²) in [7, 11) is 2.58. The molecule has 0 saturated carbocycles. The van der Waals surface area contributed by atoms with Crippen molar-refractivity contribution < 1.29 is 1.37 Å². The topological polar surface area (TPSA) is 3.24 Å². The van der Waals surface area contributed by atoms with Crippen LogP contribution in [0.1, 0.15) is 14.2 Å². The molecular weight excluding hydrogens is 165 g/mol. The Labute approximate surface area is 77.4 Å². The van der Waals surface area contributed by atoms with Crippen LogP contribution in [0.2, 0.25) is 0 Å². The molecule has 1 atom stereocenters. The molecule has 1 aromatic carbocycles. The summed E-state index contributed by atoms with van der Waals surface area (Å²) in [6.45, 7) is 2.30. The highest BCUT2D eigenvalue weighted by Gasteiger charge is 2.10. The van der Waals surface area contributed by atoms with E-state index >= 15 is 0 Å². The first-order valence-electron chi connectivity index (χ1n) is 4.88. The summed E-state index contributed by atoms with van der Waals surface area (Å²) in [6, 6.07) is 6.68. The highest BCUT2D eigenvalue weighted by molar-refractivity contribution is 7.27. The second-order valence-corrected chi connectivity index (χ2v) is 3.82. The van der Waals surface area contributed by atoms with Crippen molar-refractivity contribution in [2.45, 2.75) is 12.8 Å². The summed E-state index contributed by atoms with van der Waals surface area (Å²) in [6.07, 6.45) is 2.58. The van der Waals surface area contributed by atoms with Gasteiger partial charge < -0.3 is 4.90 Å². The SMILES string of the molecule is [2H]c1cc(N2CCCC2)ccc1P. The fourth-order valence-corrected chi connectivity index (χ4v) is 1.78. The van der Waals surface area contributed by atoms with Gasteiger partial charge in [-0.1, -0.05) is 12.1 Å². The van der Waals surface area contributed by atoms with Crippen LogP contribution in [-0.4, -0.2) is 13.1 Å². The third-order valence-electron chi connectivity index (χ3n) is 2.29. The van der Waals surface area contributed by atoms with Gasteiger partial charge >= 0.3 is 0 Å². The molecule has 0 spiro atoms. The quantitative estimate of drug-likeness (QED) is 0.595. The van der Waals surface area contributed by atoms with Crippen LogP contribution in [0, 0.1) is 0 Å². The standard InChI is InChI=1S/C10H14NP/c12-10-5-3-9(4-6-10)11-7-1-2-8-11/h3-6H,1-2,7-8,12H2/i5D. The Morgan fingerprint density at radius 3 is 2.67 bits per heavy atom. The maximum atomic E-state index is 7.68. The largest absolute Gasteiger partial charge is 0.372 e. The highest BCUT2D eigenvalue weighted by atomic mass is 31.0. The van der Waals surface area contributed by atoms with Crippen molar-refractivity contribution in [1.82, 2.24) is 0 Å². The summed E-state index contributed by atoms with van der Waals surface area (Å²) in [4.78, 5) is 2.35. The molecule has 0 amide bonds. The van der Waals surface area contributed by atoms with E-state index in [2.05, 4.69) is 20.2 Å². The summed E-state index contributed by atoms with van der Waals surface area (Å²) in [5.41, 5.74) is 1.20. The Bertz CT molecular complexity index is 308. The van der Waals surface area contributed by atoms with Gasteiger partial charge in [-0.05, 0) is 30.3 Å². The van der Waals surface area contributed by atoms with Crippen LogP contribution in [0.25, 0.3) is 0 Å². The molecule has 0 N–H and O–H groups in total. The van der Waals surface area contributed by atoms with Crippen LogP contribution >= 0.6 is 9.24 Å². The summed E-state index contributed by atoms with van der Waals surface area (Å²) < 4.78 is 7.68. The fraction of sp³-hybridized carbons (Fsp3) is 0.400. The molecular formula is C10H14NP. The van der Waals surface area contributed by atoms with E-state index in [1.54, 1.807) is 0 Å². The van der Waals surface area contributed by atoms with E-state index in [9.17, 15) is 0 Å². The average Bonchev–Trinajstić information content (AvgIpc) is 2.62. The molecule has 0 bridgehead atoms. The zero-order valence-electron chi connectivity index (χ0n) is 8.09. The third-order valence-corrected chi connectivity index (χ3v) is 2.65. The normalized spacial score (nSPS) is 18.1. The second-order valence-electron chi connectivity index (χ2n) is 3.20. The number of benzene rings is 1. The van der Waals surface area contributed by atoms with E-state index in [4.69, 9.17) is 1.37 Å². The van der Waals surface area contributed by atoms with E-state index in [0.717, 1.165) is 18.4 Å². The molecule has 12 heavy (non-hydrogen) atoms. The van der Waals surface area contributed by atoms with Gasteiger partial charge in [0.05, 0.1) is 1.37 Å². The van der Waals surface area contributed by atoms with Crippen molar-refractivity contribution >= 4 is 20.2 Å². The molecule has 1 aliphatic rings. The van der Waals surface area contributed by atoms with Crippen molar-refractivity contribution in [3.63, 3.8) is 0 Å². The molecule has 1 unspecified atom stereocenters. The number of hydrogen-bond acceptors (Lipinski definition) is 1. The molecule has 0 aliphatic carbocycles. The average molecular weight is 180 g/mol. The molecule has 0 aromatic heterocycles. The van der Waals surface area contributed by atoms with Gasteiger partial charge in [-0.15, -0.1) is 9.24 Å². The van der Waals surface area contributed by atoms with Gasteiger partial charge in [-0.2, -0.15) is 0 Å². The number of anilines is 1. The number of rotatable bonds is 1. The Morgan fingerprint density at radius 1 is 1.25 bits per heavy atom. The van der Waals surface area contributed by atoms with E-state index in [-0.39, 0.29) is 0 Å². The molecule has 1 heterocycles. The van der Waals surface area contributed by atoms with Crippen LogP contribution in [0.4, 0.5) is 5.69 Å². The monoisotopic (exact) mass is 180 g/mol. The molecule has 1 saturated heterocycles. The fourth-order valence-electron chi connectivity index (χ4n) is 1.60. The van der Waals surface area contributed by atoms with Crippen LogP contribution in [0.5, 0.6) is 0 Å². The Hall–Kier alpha value is -0.550. The van der Waals surface area contributed by atoms with Crippen LogP contribution < -0.4 is 10.2 Å². The minimum atomic E-state index is 0.620. The molecule has 2 heteroatoms. The molecule has 1 nitrogen and oxygen atoms in total. The Balaban J connectivity index is 2.25. The number of hydrogen-bond donors (Lipinski definition) is 0. The van der Waals surface area contributed by atoms with Gasteiger partial charge in [-0.25, -0.2) is 0 Å². The van der Waals surface area contributed by atoms with Gasteiger partial charge in [-0.3, -0.25) is 0 Å². The van der Waals surface area contributed by atoms with Crippen molar-refractivity contribution in [2.75, 3.05) is 18.0 Å². The molecule has 1 fully saturated rings. The predicted molar refractivity (Wildman–Crippen MR) is 57.2 cm³/mol. The Morgan fingerprint density at radius 2 is 2.00 bits per heavy atom. The van der Waals surface area contributed by atoms with Gasteiger partial charge in [0, 0.05) is 18.8 Å². The first-order valence-corrected chi connectivity index (χ1v) is 4.96. The summed E-state index contributed by atoms with van der Waals surface area (Å²) in [5, 5.41) is 0.975. The molecule has 64 valence electrons. The first-order chi connectivity index (χ1) is 6.27. The van der Waals surface area contributed by atoms with Crippen molar-refractivity contribution in [3.8, 4) is 0 Å². The molecule has 0 radical (unpaired) electrons.